The summed E-state index contributed by atoms with van der Waals surface area (Å²) in [5.41, 5.74) is 8.25. The molecule has 0 atom stereocenters. The summed E-state index contributed by atoms with van der Waals surface area (Å²) >= 11 is 0. The maximum atomic E-state index is 6.08. The predicted octanol–water partition coefficient (Wildman–Crippen LogP) is 4.46. The molecule has 0 amide bonds. The minimum absolute atomic E-state index is 0.198. The van der Waals surface area contributed by atoms with Gasteiger partial charge in [0.2, 0.25) is 0 Å². The Balaban J connectivity index is 1.59. The van der Waals surface area contributed by atoms with Gasteiger partial charge in [-0.25, -0.2) is 0 Å². The minimum Gasteiger partial charge on any atom is -0.490 e. The van der Waals surface area contributed by atoms with E-state index in [4.69, 9.17) is 24.7 Å². The second-order valence-corrected chi connectivity index (χ2v) is 15.3. The van der Waals surface area contributed by atoms with Crippen molar-refractivity contribution >= 4 is 13.8 Å². The van der Waals surface area contributed by atoms with Crippen LogP contribution in [0.1, 0.15) is 17.5 Å². The van der Waals surface area contributed by atoms with Gasteiger partial charge in [0, 0.05) is 51.1 Å². The Hall–Kier alpha value is -2.50. The van der Waals surface area contributed by atoms with Gasteiger partial charge in [-0.15, -0.1) is 0 Å². The first-order chi connectivity index (χ1) is 16.4. The first-order valence-corrected chi connectivity index (χ1v) is 15.7. The van der Waals surface area contributed by atoms with Gasteiger partial charge >= 0.3 is 0 Å². The van der Waals surface area contributed by atoms with Crippen molar-refractivity contribution < 1.29 is 18.9 Å². The Bertz CT molecular complexity index is 942. The van der Waals surface area contributed by atoms with Gasteiger partial charge < -0.3 is 24.7 Å². The zero-order valence-corrected chi connectivity index (χ0v) is 21.8. The van der Waals surface area contributed by atoms with Gasteiger partial charge in [0.25, 0.3) is 0 Å². The van der Waals surface area contributed by atoms with Crippen molar-refractivity contribution in [2.24, 2.45) is 0 Å². The fraction of sp³-hybridized carbons (Fsp3) is 0.481. The average Bonchev–Trinajstić information content (AvgIpc) is 2.82. The molecule has 6 nitrogen and oxygen atoms in total. The molecule has 184 valence electrons. The lowest BCUT2D eigenvalue weighted by atomic mass is 10.1. The normalized spacial score (nSPS) is 14.3. The molecule has 0 aliphatic carbocycles. The number of anilines is 1. The second kappa shape index (κ2) is 13.4. The molecule has 0 spiro atoms. The lowest BCUT2D eigenvalue weighted by Gasteiger charge is -2.26. The number of nitrogens with zero attached hydrogens (tertiary/aromatic N) is 1. The average molecular weight is 483 g/mol. The molecule has 2 aromatic rings. The van der Waals surface area contributed by atoms with Crippen molar-refractivity contribution in [2.45, 2.75) is 32.1 Å². The highest BCUT2D eigenvalue weighted by molar-refractivity contribution is 6.76. The molecule has 1 fully saturated rings. The van der Waals surface area contributed by atoms with Crippen molar-refractivity contribution in [3.05, 3.63) is 53.6 Å². The van der Waals surface area contributed by atoms with Crippen LogP contribution in [0.25, 0.3) is 0 Å². The maximum Gasteiger partial charge on any atom is 0.189 e. The van der Waals surface area contributed by atoms with Gasteiger partial charge in [0.1, 0.15) is 0 Å². The summed E-state index contributed by atoms with van der Waals surface area (Å²) in [6.07, 6.45) is 0.949. The topological polar surface area (TPSA) is 66.2 Å². The van der Waals surface area contributed by atoms with E-state index < -0.39 is 8.07 Å². The highest BCUT2D eigenvalue weighted by Crippen LogP contribution is 2.28. The quantitative estimate of drug-likeness (QED) is 0.168. The molecule has 0 aromatic heterocycles. The number of morpholine rings is 1. The molecular formula is C27H38N2O4Si. The summed E-state index contributed by atoms with van der Waals surface area (Å²) in [6, 6.07) is 14.4. The summed E-state index contributed by atoms with van der Waals surface area (Å²) in [5.74, 6) is 7.74. The van der Waals surface area contributed by atoms with Crippen molar-refractivity contribution in [1.82, 2.24) is 4.90 Å². The van der Waals surface area contributed by atoms with E-state index >= 15 is 0 Å². The zero-order chi connectivity index (χ0) is 24.2. The molecule has 0 saturated carbocycles. The number of nitrogens with two attached hydrogens (primary N) is 1. The third-order valence-electron chi connectivity index (χ3n) is 5.48. The van der Waals surface area contributed by atoms with Crippen LogP contribution >= 0.6 is 0 Å². The molecule has 2 N–H and O–H groups in total. The Morgan fingerprint density at radius 1 is 0.912 bits per heavy atom. The molecule has 1 saturated heterocycles. The van der Waals surface area contributed by atoms with Gasteiger partial charge in [0.15, 0.2) is 18.3 Å². The number of rotatable bonds is 11. The van der Waals surface area contributed by atoms with E-state index in [1.54, 1.807) is 0 Å². The Morgan fingerprint density at radius 3 is 2.35 bits per heavy atom. The lowest BCUT2D eigenvalue weighted by Crippen LogP contribution is -2.37. The van der Waals surface area contributed by atoms with Crippen molar-refractivity contribution in [1.29, 1.82) is 0 Å². The van der Waals surface area contributed by atoms with Crippen molar-refractivity contribution in [3.63, 3.8) is 0 Å². The van der Waals surface area contributed by atoms with Gasteiger partial charge in [-0.2, -0.15) is 0 Å². The number of hydrogen-bond donors (Lipinski definition) is 1. The third kappa shape index (κ3) is 9.78. The fourth-order valence-electron chi connectivity index (χ4n) is 3.37. The molecule has 34 heavy (non-hydrogen) atoms. The molecule has 0 radical (unpaired) electrons. The Morgan fingerprint density at radius 2 is 1.62 bits per heavy atom. The van der Waals surface area contributed by atoms with Gasteiger partial charge in [0.05, 0.1) is 19.8 Å². The van der Waals surface area contributed by atoms with E-state index in [2.05, 4.69) is 36.4 Å². The van der Waals surface area contributed by atoms with Gasteiger partial charge in [-0.05, 0) is 54.9 Å². The van der Waals surface area contributed by atoms with Gasteiger partial charge in [-0.1, -0.05) is 31.5 Å². The third-order valence-corrected chi connectivity index (χ3v) is 7.18. The van der Waals surface area contributed by atoms with Crippen LogP contribution in [0.3, 0.4) is 0 Å². The number of nitrogen functional groups attached to an aromatic ring is 1. The van der Waals surface area contributed by atoms with Crippen LogP contribution in [0.2, 0.25) is 25.7 Å². The standard InChI is InChI=1S/C27H38N2O4Si/c1-34(2,3)20-19-31-22-33-27-21-24(6-5-23-7-10-25(28)11-8-23)9-12-26(27)32-16-4-13-29-14-17-30-18-15-29/h7-12,21H,4,13-20,22,28H2,1-3H3. The van der Waals surface area contributed by atoms with Crippen molar-refractivity contribution in [2.75, 3.05) is 58.6 Å². The molecule has 0 unspecified atom stereocenters. The van der Waals surface area contributed by atoms with Crippen LogP contribution in [0.4, 0.5) is 5.69 Å². The summed E-state index contributed by atoms with van der Waals surface area (Å²) in [6.45, 7) is 13.2. The smallest absolute Gasteiger partial charge is 0.189 e. The first-order valence-electron chi connectivity index (χ1n) is 12.0. The van der Waals surface area contributed by atoms with E-state index in [1.165, 1.54) is 0 Å². The Labute approximate surface area is 205 Å². The van der Waals surface area contributed by atoms with E-state index in [0.717, 1.165) is 62.1 Å². The maximum absolute atomic E-state index is 6.08. The summed E-state index contributed by atoms with van der Waals surface area (Å²) < 4.78 is 23.2. The summed E-state index contributed by atoms with van der Waals surface area (Å²) in [4.78, 5) is 2.41. The van der Waals surface area contributed by atoms with Crippen molar-refractivity contribution in [3.8, 4) is 23.3 Å². The molecule has 1 heterocycles. The van der Waals surface area contributed by atoms with E-state index in [1.807, 2.05) is 42.5 Å². The van der Waals surface area contributed by atoms with Crippen LogP contribution < -0.4 is 15.2 Å². The minimum atomic E-state index is -1.13. The fourth-order valence-corrected chi connectivity index (χ4v) is 4.12. The largest absolute Gasteiger partial charge is 0.490 e. The highest BCUT2D eigenvalue weighted by Gasteiger charge is 2.13. The van der Waals surface area contributed by atoms with Crippen LogP contribution in [0.5, 0.6) is 11.5 Å². The molecular weight excluding hydrogens is 444 g/mol. The second-order valence-electron chi connectivity index (χ2n) is 9.67. The van der Waals surface area contributed by atoms with E-state index in [9.17, 15) is 0 Å². The van der Waals surface area contributed by atoms with E-state index in [-0.39, 0.29) is 6.79 Å². The number of hydrogen-bond acceptors (Lipinski definition) is 6. The molecule has 0 bridgehead atoms. The number of benzene rings is 2. The molecule has 2 aromatic carbocycles. The molecule has 3 rings (SSSR count). The monoisotopic (exact) mass is 482 g/mol. The first kappa shape index (κ1) is 26.1. The van der Waals surface area contributed by atoms with Crippen LogP contribution in [0, 0.1) is 11.8 Å². The SMILES string of the molecule is C[Si](C)(C)CCOCOc1cc(C#Cc2ccc(N)cc2)ccc1OCCCN1CCOCC1. The summed E-state index contributed by atoms with van der Waals surface area (Å²) in [5, 5.41) is 0. The molecule has 7 heteroatoms. The van der Waals surface area contributed by atoms with Crippen LogP contribution in [-0.4, -0.2) is 65.8 Å². The highest BCUT2D eigenvalue weighted by atomic mass is 28.3. The van der Waals surface area contributed by atoms with Crippen LogP contribution in [0.15, 0.2) is 42.5 Å². The lowest BCUT2D eigenvalue weighted by molar-refractivity contribution is 0.0198. The zero-order valence-electron chi connectivity index (χ0n) is 20.8. The Kier molecular flexibility index (Phi) is 10.3. The van der Waals surface area contributed by atoms with Gasteiger partial charge in [-0.3, -0.25) is 4.90 Å². The molecule has 1 aliphatic heterocycles. The summed E-state index contributed by atoms with van der Waals surface area (Å²) in [7, 11) is -1.13. The number of ether oxygens (including phenoxy) is 4. The van der Waals surface area contributed by atoms with Crippen LogP contribution in [-0.2, 0) is 9.47 Å². The predicted molar refractivity (Wildman–Crippen MR) is 140 cm³/mol. The molecule has 1 aliphatic rings. The van der Waals surface area contributed by atoms with E-state index in [0.29, 0.717) is 24.7 Å².